The van der Waals surface area contributed by atoms with E-state index in [1.54, 1.807) is 19.3 Å². The molecule has 214 valence electrons. The summed E-state index contributed by atoms with van der Waals surface area (Å²) < 4.78 is 5.99. The van der Waals surface area contributed by atoms with Crippen LogP contribution in [-0.2, 0) is 4.74 Å². The molecule has 2 atom stereocenters. The van der Waals surface area contributed by atoms with Gasteiger partial charge in [0, 0.05) is 38.5 Å². The van der Waals surface area contributed by atoms with Crippen LogP contribution >= 0.6 is 34.5 Å². The lowest BCUT2D eigenvalue weighted by molar-refractivity contribution is 0.0272. The molecule has 14 heteroatoms. The minimum absolute atomic E-state index is 0.104. The molecule has 5 rings (SSSR count). The van der Waals surface area contributed by atoms with Crippen LogP contribution < -0.4 is 15.1 Å². The molecule has 1 amide bonds. The average Bonchev–Trinajstić information content (AvgIpc) is 3.52. The molecule has 2 saturated heterocycles. The first kappa shape index (κ1) is 28.6. The van der Waals surface area contributed by atoms with E-state index < -0.39 is 5.97 Å². The second kappa shape index (κ2) is 12.3. The van der Waals surface area contributed by atoms with Gasteiger partial charge in [0.2, 0.25) is 0 Å². The van der Waals surface area contributed by atoms with Gasteiger partial charge in [0.15, 0.2) is 5.13 Å². The van der Waals surface area contributed by atoms with Gasteiger partial charge in [-0.2, -0.15) is 0 Å². The van der Waals surface area contributed by atoms with Crippen LogP contribution in [0, 0.1) is 6.92 Å². The number of halogens is 2. The van der Waals surface area contributed by atoms with Gasteiger partial charge < -0.3 is 29.9 Å². The number of nitrogens with zero attached hydrogens (tertiary/aromatic N) is 5. The monoisotopic (exact) mass is 607 g/mol. The summed E-state index contributed by atoms with van der Waals surface area (Å²) in [6.45, 7) is 6.92. The summed E-state index contributed by atoms with van der Waals surface area (Å²) in [7, 11) is 0. The number of nitrogens with one attached hydrogen (secondary N) is 2. The van der Waals surface area contributed by atoms with Crippen LogP contribution in [0.4, 0.5) is 10.9 Å². The number of aromatic amines is 1. The van der Waals surface area contributed by atoms with Crippen molar-refractivity contribution in [1.29, 1.82) is 0 Å². The number of carbonyl (C=O) groups is 2. The molecule has 0 aromatic carbocycles. The standard InChI is InChI=1S/C26H31Cl2N7O4S/c1-3-39-17-13-35(10-7-15(17)32-24(36)22-20(28)19(27)14(2)31-22)26-33-21(23(40-26)25(37)38)16-11-30-18(12-29-16)34-8-5-4-6-9-34/h11-12,15,17,31H,3-10,13H2,1-2H3,(H,32,36)(H,37,38). The number of ether oxygens (including phenoxy) is 1. The topological polar surface area (TPSA) is 137 Å². The van der Waals surface area contributed by atoms with Crippen molar-refractivity contribution >= 4 is 57.4 Å². The number of aryl methyl sites for hydroxylation is 1. The molecule has 2 fully saturated rings. The SMILES string of the molecule is CCOC1CN(c2nc(-c3cnc(N4CCCCC4)cn3)c(C(=O)O)s2)CCC1NC(=O)c1[nH]c(C)c(Cl)c1Cl. The number of hydrogen-bond donors (Lipinski definition) is 3. The molecule has 3 aromatic rings. The van der Waals surface area contributed by atoms with Crippen LogP contribution in [0.2, 0.25) is 10.0 Å². The highest BCUT2D eigenvalue weighted by Gasteiger charge is 2.34. The lowest BCUT2D eigenvalue weighted by atomic mass is 10.0. The molecule has 2 aliphatic rings. The number of carboxylic acids is 1. The van der Waals surface area contributed by atoms with Gasteiger partial charge in [-0.15, -0.1) is 0 Å². The van der Waals surface area contributed by atoms with Crippen molar-refractivity contribution in [3.8, 4) is 11.4 Å². The number of carbonyl (C=O) groups excluding carboxylic acids is 1. The van der Waals surface area contributed by atoms with E-state index in [1.807, 2.05) is 11.8 Å². The first-order valence-electron chi connectivity index (χ1n) is 13.3. The molecular formula is C26H31Cl2N7O4S. The molecular weight excluding hydrogens is 577 g/mol. The Kier molecular flexibility index (Phi) is 8.79. The highest BCUT2D eigenvalue weighted by atomic mass is 35.5. The maximum absolute atomic E-state index is 13.0. The summed E-state index contributed by atoms with van der Waals surface area (Å²) >= 11 is 13.5. The van der Waals surface area contributed by atoms with Crippen molar-refractivity contribution in [3.05, 3.63) is 38.7 Å². The van der Waals surface area contributed by atoms with Gasteiger partial charge in [0.25, 0.3) is 5.91 Å². The number of anilines is 2. The molecule has 5 heterocycles. The van der Waals surface area contributed by atoms with Crippen LogP contribution in [0.3, 0.4) is 0 Å². The molecule has 2 unspecified atom stereocenters. The number of aromatic nitrogens is 4. The van der Waals surface area contributed by atoms with Gasteiger partial charge in [0.1, 0.15) is 27.8 Å². The minimum atomic E-state index is -1.07. The zero-order chi connectivity index (χ0) is 28.4. The normalized spacial score (nSPS) is 19.6. The Morgan fingerprint density at radius 2 is 1.93 bits per heavy atom. The summed E-state index contributed by atoms with van der Waals surface area (Å²) in [4.78, 5) is 46.1. The fraction of sp³-hybridized carbons (Fsp3) is 0.500. The van der Waals surface area contributed by atoms with Gasteiger partial charge >= 0.3 is 5.97 Å². The summed E-state index contributed by atoms with van der Waals surface area (Å²) in [6.07, 6.45) is 6.96. The highest BCUT2D eigenvalue weighted by molar-refractivity contribution is 7.17. The molecule has 40 heavy (non-hydrogen) atoms. The Hall–Kier alpha value is -2.93. The van der Waals surface area contributed by atoms with Crippen molar-refractivity contribution in [1.82, 2.24) is 25.3 Å². The van der Waals surface area contributed by atoms with Crippen LogP contribution in [-0.4, -0.2) is 81.9 Å². The largest absolute Gasteiger partial charge is 0.477 e. The molecule has 0 saturated carbocycles. The number of piperidine rings is 2. The summed E-state index contributed by atoms with van der Waals surface area (Å²) in [6, 6.07) is -0.284. The van der Waals surface area contributed by atoms with Gasteiger partial charge in [-0.1, -0.05) is 34.5 Å². The zero-order valence-electron chi connectivity index (χ0n) is 22.2. The molecule has 2 aliphatic heterocycles. The number of H-pyrrole nitrogens is 1. The highest BCUT2D eigenvalue weighted by Crippen LogP contribution is 2.35. The smallest absolute Gasteiger partial charge is 0.348 e. The molecule has 0 aliphatic carbocycles. The Balaban J connectivity index is 1.32. The van der Waals surface area contributed by atoms with E-state index >= 15 is 0 Å². The number of thiazole rings is 1. The van der Waals surface area contributed by atoms with Gasteiger partial charge in [-0.25, -0.2) is 19.7 Å². The lowest BCUT2D eigenvalue weighted by Crippen LogP contribution is -2.55. The molecule has 0 radical (unpaired) electrons. The fourth-order valence-corrected chi connectivity index (χ4v) is 6.46. The van der Waals surface area contributed by atoms with E-state index in [9.17, 15) is 14.7 Å². The van der Waals surface area contributed by atoms with Gasteiger partial charge in [0.05, 0.1) is 34.6 Å². The third-order valence-electron chi connectivity index (χ3n) is 7.18. The first-order valence-corrected chi connectivity index (χ1v) is 14.9. The number of carboxylic acid groups (broad SMARTS) is 1. The number of aromatic carboxylic acids is 1. The second-order valence-electron chi connectivity index (χ2n) is 9.85. The second-order valence-corrected chi connectivity index (χ2v) is 11.6. The predicted octanol–water partition coefficient (Wildman–Crippen LogP) is 4.65. The summed E-state index contributed by atoms with van der Waals surface area (Å²) in [5.41, 5.74) is 1.54. The van der Waals surface area contributed by atoms with Crippen molar-refractivity contribution in [2.45, 2.75) is 51.7 Å². The van der Waals surface area contributed by atoms with E-state index in [-0.39, 0.29) is 33.6 Å². The number of rotatable bonds is 8. The third-order valence-corrected chi connectivity index (χ3v) is 9.23. The van der Waals surface area contributed by atoms with Crippen molar-refractivity contribution < 1.29 is 19.4 Å². The van der Waals surface area contributed by atoms with Crippen LogP contribution in [0.25, 0.3) is 11.4 Å². The van der Waals surface area contributed by atoms with Crippen LogP contribution in [0.5, 0.6) is 0 Å². The molecule has 3 aromatic heterocycles. The minimum Gasteiger partial charge on any atom is -0.477 e. The van der Waals surface area contributed by atoms with E-state index in [2.05, 4.69) is 30.2 Å². The van der Waals surface area contributed by atoms with E-state index in [0.29, 0.717) is 53.4 Å². The Labute approximate surface area is 245 Å². The van der Waals surface area contributed by atoms with Crippen molar-refractivity contribution in [2.75, 3.05) is 42.6 Å². The van der Waals surface area contributed by atoms with E-state index in [1.165, 1.54) is 6.42 Å². The molecule has 0 bridgehead atoms. The lowest BCUT2D eigenvalue weighted by Gasteiger charge is -2.38. The van der Waals surface area contributed by atoms with Gasteiger partial charge in [-0.3, -0.25) is 4.79 Å². The average molecular weight is 609 g/mol. The number of hydrogen-bond acceptors (Lipinski definition) is 9. The molecule has 0 spiro atoms. The quantitative estimate of drug-likeness (QED) is 0.334. The fourth-order valence-electron chi connectivity index (χ4n) is 5.10. The third kappa shape index (κ3) is 5.90. The molecule has 11 nitrogen and oxygen atoms in total. The zero-order valence-corrected chi connectivity index (χ0v) is 24.6. The predicted molar refractivity (Wildman–Crippen MR) is 155 cm³/mol. The first-order chi connectivity index (χ1) is 19.3. The van der Waals surface area contributed by atoms with Gasteiger partial charge in [-0.05, 0) is 39.5 Å². The Morgan fingerprint density at radius 3 is 2.55 bits per heavy atom. The summed E-state index contributed by atoms with van der Waals surface area (Å²) in [5, 5.41) is 14.0. The van der Waals surface area contributed by atoms with E-state index in [0.717, 1.165) is 43.1 Å². The Bertz CT molecular complexity index is 1370. The van der Waals surface area contributed by atoms with Crippen LogP contribution in [0.15, 0.2) is 12.4 Å². The maximum atomic E-state index is 13.0. The van der Waals surface area contributed by atoms with E-state index in [4.69, 9.17) is 27.9 Å². The Morgan fingerprint density at radius 1 is 1.15 bits per heavy atom. The van der Waals surface area contributed by atoms with Crippen LogP contribution in [0.1, 0.15) is 58.5 Å². The number of amides is 1. The van der Waals surface area contributed by atoms with Crippen molar-refractivity contribution in [2.24, 2.45) is 0 Å². The molecule has 3 N–H and O–H groups in total. The van der Waals surface area contributed by atoms with Crippen molar-refractivity contribution in [3.63, 3.8) is 0 Å². The summed E-state index contributed by atoms with van der Waals surface area (Å²) in [5.74, 6) is -0.641. The maximum Gasteiger partial charge on any atom is 0.348 e.